The molecule has 0 saturated carbocycles. The van der Waals surface area contributed by atoms with E-state index in [9.17, 15) is 10.5 Å². The lowest BCUT2D eigenvalue weighted by molar-refractivity contribution is 0.370. The maximum absolute atomic E-state index is 9.64. The Balaban J connectivity index is 1.34. The second-order valence-electron chi connectivity index (χ2n) is 14.3. The third-order valence-electron chi connectivity index (χ3n) is 9.85. The molecular formula is C41H42N4O. The number of ether oxygens (including phenoxy) is 1. The van der Waals surface area contributed by atoms with Crippen LogP contribution in [0.25, 0.3) is 12.2 Å². The lowest BCUT2D eigenvalue weighted by atomic mass is 9.68. The Hall–Kier alpha value is -5.00. The maximum Gasteiger partial charge on any atom is 0.140 e. The van der Waals surface area contributed by atoms with Crippen LogP contribution in [0.3, 0.4) is 0 Å². The Bertz CT molecular complexity index is 1870. The summed E-state index contributed by atoms with van der Waals surface area (Å²) in [4.78, 5) is 4.63. The summed E-state index contributed by atoms with van der Waals surface area (Å²) in [7, 11) is 4.05. The van der Waals surface area contributed by atoms with Gasteiger partial charge in [0, 0.05) is 60.8 Å². The van der Waals surface area contributed by atoms with E-state index in [-0.39, 0.29) is 16.4 Å². The molecule has 0 radical (unpaired) electrons. The van der Waals surface area contributed by atoms with Crippen molar-refractivity contribution in [2.24, 2.45) is 0 Å². The van der Waals surface area contributed by atoms with E-state index in [1.807, 2.05) is 32.3 Å². The van der Waals surface area contributed by atoms with Gasteiger partial charge in [-0.3, -0.25) is 0 Å². The molecule has 0 aromatic heterocycles. The monoisotopic (exact) mass is 606 g/mol. The predicted molar refractivity (Wildman–Crippen MR) is 190 cm³/mol. The molecule has 3 heterocycles. The third kappa shape index (κ3) is 5.75. The Morgan fingerprint density at radius 1 is 0.891 bits per heavy atom. The third-order valence-corrected chi connectivity index (χ3v) is 9.85. The number of nitrogens with zero attached hydrogens (tertiary/aromatic N) is 4. The molecule has 2 aromatic rings. The highest BCUT2D eigenvalue weighted by molar-refractivity contribution is 5.81. The van der Waals surface area contributed by atoms with Crippen LogP contribution in [0.1, 0.15) is 69.2 Å². The van der Waals surface area contributed by atoms with Gasteiger partial charge in [-0.1, -0.05) is 70.7 Å². The molecule has 5 heteroatoms. The molecule has 6 rings (SSSR count). The Kier molecular flexibility index (Phi) is 7.91. The molecule has 46 heavy (non-hydrogen) atoms. The van der Waals surface area contributed by atoms with Crippen LogP contribution in [-0.4, -0.2) is 27.2 Å². The molecule has 0 amide bonds. The Morgan fingerprint density at radius 2 is 1.52 bits per heavy atom. The van der Waals surface area contributed by atoms with Gasteiger partial charge in [0.2, 0.25) is 0 Å². The van der Waals surface area contributed by atoms with E-state index in [1.54, 1.807) is 0 Å². The molecule has 0 spiro atoms. The summed E-state index contributed by atoms with van der Waals surface area (Å²) in [5.41, 5.74) is 11.1. The SMILES string of the molecule is C=C1Oc2c(cc3c4c2C(C)(C)CCN4CCC3(C)C)C=C1/C=C/C1=CC(=C(C#N)C#N)C=C(/C=C/c2ccc(N(C)C)cc2)C1. The van der Waals surface area contributed by atoms with E-state index in [0.717, 1.165) is 65.2 Å². The molecular weight excluding hydrogens is 564 g/mol. The summed E-state index contributed by atoms with van der Waals surface area (Å²) in [5.74, 6) is 1.57. The Morgan fingerprint density at radius 3 is 2.15 bits per heavy atom. The first-order valence-corrected chi connectivity index (χ1v) is 16.0. The summed E-state index contributed by atoms with van der Waals surface area (Å²) >= 11 is 0. The summed E-state index contributed by atoms with van der Waals surface area (Å²) in [5, 5.41) is 19.3. The molecule has 0 atom stereocenters. The topological polar surface area (TPSA) is 63.3 Å². The van der Waals surface area contributed by atoms with Gasteiger partial charge in [-0.2, -0.15) is 10.5 Å². The predicted octanol–water partition coefficient (Wildman–Crippen LogP) is 9.08. The molecule has 0 unspecified atom stereocenters. The highest BCUT2D eigenvalue weighted by atomic mass is 16.5. The second-order valence-corrected chi connectivity index (χ2v) is 14.3. The van der Waals surface area contributed by atoms with Crippen LogP contribution in [0.4, 0.5) is 11.4 Å². The quantitative estimate of drug-likeness (QED) is 0.318. The number of fused-ring (bicyclic) bond motifs is 2. The largest absolute Gasteiger partial charge is 0.456 e. The van der Waals surface area contributed by atoms with Crippen molar-refractivity contribution in [3.8, 4) is 17.9 Å². The zero-order valence-electron chi connectivity index (χ0n) is 27.9. The van der Waals surface area contributed by atoms with Gasteiger partial charge in [-0.15, -0.1) is 0 Å². The number of rotatable bonds is 5. The van der Waals surface area contributed by atoms with Gasteiger partial charge in [0.1, 0.15) is 29.2 Å². The van der Waals surface area contributed by atoms with E-state index in [1.165, 1.54) is 16.8 Å². The molecule has 3 aliphatic heterocycles. The summed E-state index contributed by atoms with van der Waals surface area (Å²) < 4.78 is 6.60. The van der Waals surface area contributed by atoms with Crippen molar-refractivity contribution in [3.63, 3.8) is 0 Å². The van der Waals surface area contributed by atoms with Gasteiger partial charge in [-0.05, 0) is 88.8 Å². The van der Waals surface area contributed by atoms with Crippen molar-refractivity contribution in [2.75, 3.05) is 37.0 Å². The van der Waals surface area contributed by atoms with Crippen molar-refractivity contribution in [1.29, 1.82) is 10.5 Å². The van der Waals surface area contributed by atoms with Gasteiger partial charge < -0.3 is 14.5 Å². The van der Waals surface area contributed by atoms with Crippen molar-refractivity contribution in [3.05, 3.63) is 123 Å². The lowest BCUT2D eigenvalue weighted by Gasteiger charge is -2.49. The van der Waals surface area contributed by atoms with Crippen LogP contribution in [0.5, 0.6) is 5.75 Å². The van der Waals surface area contributed by atoms with Crippen molar-refractivity contribution >= 4 is 23.5 Å². The summed E-state index contributed by atoms with van der Waals surface area (Å²) in [6.45, 7) is 15.9. The summed E-state index contributed by atoms with van der Waals surface area (Å²) in [6, 6.07) is 14.8. The van der Waals surface area contributed by atoms with E-state index >= 15 is 0 Å². The molecule has 0 fully saturated rings. The zero-order valence-corrected chi connectivity index (χ0v) is 27.9. The van der Waals surface area contributed by atoms with Crippen molar-refractivity contribution in [2.45, 2.75) is 57.8 Å². The molecule has 0 saturated heterocycles. The molecule has 0 N–H and O–H groups in total. The highest BCUT2D eigenvalue weighted by Crippen LogP contribution is 2.55. The van der Waals surface area contributed by atoms with Crippen LogP contribution in [0.2, 0.25) is 0 Å². The molecule has 4 aliphatic rings. The first-order chi connectivity index (χ1) is 21.9. The summed E-state index contributed by atoms with van der Waals surface area (Å²) in [6.07, 6.45) is 17.2. The average molecular weight is 607 g/mol. The van der Waals surface area contributed by atoms with Crippen molar-refractivity contribution < 1.29 is 4.74 Å². The lowest BCUT2D eigenvalue weighted by Crippen LogP contribution is -2.45. The number of nitriles is 2. The van der Waals surface area contributed by atoms with Gasteiger partial charge in [-0.25, -0.2) is 0 Å². The molecule has 0 bridgehead atoms. The van der Waals surface area contributed by atoms with Gasteiger partial charge >= 0.3 is 0 Å². The van der Waals surface area contributed by atoms with Crippen LogP contribution in [0.15, 0.2) is 101 Å². The zero-order chi connectivity index (χ0) is 32.8. The minimum atomic E-state index is 0.000287. The van der Waals surface area contributed by atoms with E-state index in [4.69, 9.17) is 4.74 Å². The number of allylic oxidation sites excluding steroid dienone is 9. The second kappa shape index (κ2) is 11.7. The fraction of sp³-hybridized carbons (Fsp3) is 0.317. The minimum absolute atomic E-state index is 0.000287. The normalized spacial score (nSPS) is 19.3. The number of hydrogen-bond acceptors (Lipinski definition) is 5. The minimum Gasteiger partial charge on any atom is -0.456 e. The van der Waals surface area contributed by atoms with Crippen molar-refractivity contribution in [1.82, 2.24) is 0 Å². The van der Waals surface area contributed by atoms with E-state index in [2.05, 4.69) is 111 Å². The van der Waals surface area contributed by atoms with Gasteiger partial charge in [0.25, 0.3) is 0 Å². The van der Waals surface area contributed by atoms with Gasteiger partial charge in [0.05, 0.1) is 0 Å². The van der Waals surface area contributed by atoms with E-state index < -0.39 is 0 Å². The molecule has 5 nitrogen and oxygen atoms in total. The van der Waals surface area contributed by atoms with Gasteiger partial charge in [0.15, 0.2) is 0 Å². The van der Waals surface area contributed by atoms with E-state index in [0.29, 0.717) is 17.8 Å². The smallest absolute Gasteiger partial charge is 0.140 e. The molecule has 2 aromatic carbocycles. The first kappa shape index (κ1) is 31.0. The Labute approximate surface area is 274 Å². The molecule has 1 aliphatic carbocycles. The first-order valence-electron chi connectivity index (χ1n) is 16.0. The fourth-order valence-corrected chi connectivity index (χ4v) is 6.94. The maximum atomic E-state index is 9.64. The van der Waals surface area contributed by atoms with Crippen LogP contribution in [0, 0.1) is 22.7 Å². The number of hydrogen-bond donors (Lipinski definition) is 0. The van der Waals surface area contributed by atoms with Crippen LogP contribution < -0.4 is 14.5 Å². The highest BCUT2D eigenvalue weighted by Gasteiger charge is 2.43. The average Bonchev–Trinajstić information content (AvgIpc) is 3.02. The molecule has 232 valence electrons. The standard InChI is InChI=1S/C41H42N4O/c1-27-31(23-33-24-36-38-37(39(33)46-27)41(4,5)17-19-45(38)18-16-40(36,2)3)13-10-30-20-29(21-32(22-30)34(25-42)26-43)9-8-28-11-14-35(15-12-28)44(6)7/h8-15,21-24H,1,16-20H2,2-7H3/b9-8+,13-10+. The van der Waals surface area contributed by atoms with Crippen LogP contribution >= 0.6 is 0 Å². The fourth-order valence-electron chi connectivity index (χ4n) is 6.94. The van der Waals surface area contributed by atoms with Crippen LogP contribution in [-0.2, 0) is 10.8 Å². The number of benzene rings is 2. The number of anilines is 2.